The molecule has 0 aromatic carbocycles. The normalized spacial score (nSPS) is 20.3. The molecule has 15 heavy (non-hydrogen) atoms. The molecule has 1 aliphatic heterocycles. The van der Waals surface area contributed by atoms with Gasteiger partial charge in [-0.15, -0.1) is 0 Å². The van der Waals surface area contributed by atoms with Crippen molar-refractivity contribution in [3.05, 3.63) is 23.3 Å². The summed E-state index contributed by atoms with van der Waals surface area (Å²) in [6.07, 6.45) is 3.98. The van der Waals surface area contributed by atoms with Crippen LogP contribution in [0.4, 0.5) is 0 Å². The Morgan fingerprint density at radius 2 is 2.40 bits per heavy atom. The SMILES string of the molecule is O=C(O)C1=C(C2=NCCN2)C(=S)CC=C1. The summed E-state index contributed by atoms with van der Waals surface area (Å²) in [5.74, 6) is -0.332. The van der Waals surface area contributed by atoms with E-state index in [1.165, 1.54) is 0 Å². The first-order valence-electron chi connectivity index (χ1n) is 4.66. The summed E-state index contributed by atoms with van der Waals surface area (Å²) in [7, 11) is 0. The minimum absolute atomic E-state index is 0.236. The van der Waals surface area contributed by atoms with Gasteiger partial charge in [-0.3, -0.25) is 4.99 Å². The van der Waals surface area contributed by atoms with E-state index in [1.54, 1.807) is 12.2 Å². The van der Waals surface area contributed by atoms with Gasteiger partial charge in [-0.25, -0.2) is 4.79 Å². The highest BCUT2D eigenvalue weighted by atomic mass is 32.1. The third kappa shape index (κ3) is 1.83. The molecule has 2 N–H and O–H groups in total. The van der Waals surface area contributed by atoms with Crippen LogP contribution in [0.5, 0.6) is 0 Å². The maximum Gasteiger partial charge on any atom is 0.336 e. The number of thiocarbonyl (C=S) groups is 1. The Balaban J connectivity index is 2.48. The van der Waals surface area contributed by atoms with Gasteiger partial charge in [0.15, 0.2) is 0 Å². The molecule has 0 aromatic rings. The number of hydrogen-bond donors (Lipinski definition) is 2. The molecular weight excluding hydrogens is 212 g/mol. The van der Waals surface area contributed by atoms with Crippen molar-refractivity contribution in [2.45, 2.75) is 6.42 Å². The lowest BCUT2D eigenvalue weighted by atomic mass is 9.96. The number of hydrogen-bond acceptors (Lipinski definition) is 4. The number of carbonyl (C=O) groups is 1. The van der Waals surface area contributed by atoms with Crippen molar-refractivity contribution >= 4 is 28.9 Å². The van der Waals surface area contributed by atoms with Gasteiger partial charge in [0.25, 0.3) is 0 Å². The molecule has 0 bridgehead atoms. The predicted molar refractivity (Wildman–Crippen MR) is 61.3 cm³/mol. The molecule has 0 saturated carbocycles. The maximum atomic E-state index is 11.0. The van der Waals surface area contributed by atoms with Crippen LogP contribution in [0.25, 0.3) is 0 Å². The van der Waals surface area contributed by atoms with E-state index in [0.717, 1.165) is 6.54 Å². The number of amidine groups is 1. The molecule has 0 radical (unpaired) electrons. The lowest BCUT2D eigenvalue weighted by Crippen LogP contribution is -2.27. The molecule has 0 fully saturated rings. The quantitative estimate of drug-likeness (QED) is 0.675. The number of aliphatic imine (C=N–C) groups is 1. The minimum Gasteiger partial charge on any atom is -0.478 e. The van der Waals surface area contributed by atoms with Gasteiger partial charge >= 0.3 is 5.97 Å². The molecule has 78 valence electrons. The van der Waals surface area contributed by atoms with Gasteiger partial charge in [0.1, 0.15) is 5.84 Å². The Bertz CT molecular complexity index is 421. The smallest absolute Gasteiger partial charge is 0.336 e. The van der Waals surface area contributed by atoms with E-state index in [4.69, 9.17) is 17.3 Å². The number of carboxylic acids is 1. The standard InChI is InChI=1S/C10H10N2O2S/c13-10(14)6-2-1-3-7(15)8(6)9-11-4-5-12-9/h1-2H,3-5H2,(H,11,12)(H,13,14). The van der Waals surface area contributed by atoms with Crippen molar-refractivity contribution < 1.29 is 9.90 Å². The lowest BCUT2D eigenvalue weighted by molar-refractivity contribution is -0.132. The van der Waals surface area contributed by atoms with E-state index in [0.29, 0.717) is 29.2 Å². The second-order valence-corrected chi connectivity index (χ2v) is 3.77. The Labute approximate surface area is 92.4 Å². The monoisotopic (exact) mass is 222 g/mol. The molecule has 4 nitrogen and oxygen atoms in total. The summed E-state index contributed by atoms with van der Waals surface area (Å²) < 4.78 is 0. The molecule has 0 amide bonds. The fraction of sp³-hybridized carbons (Fsp3) is 0.300. The highest BCUT2D eigenvalue weighted by molar-refractivity contribution is 7.81. The van der Waals surface area contributed by atoms with E-state index in [1.807, 2.05) is 0 Å². The average Bonchev–Trinajstić information content (AvgIpc) is 2.70. The van der Waals surface area contributed by atoms with Crippen LogP contribution in [-0.4, -0.2) is 34.9 Å². The number of aliphatic carboxylic acids is 1. The fourth-order valence-electron chi connectivity index (χ4n) is 1.62. The number of allylic oxidation sites excluding steroid dienone is 1. The van der Waals surface area contributed by atoms with Crippen molar-refractivity contribution in [3.63, 3.8) is 0 Å². The van der Waals surface area contributed by atoms with Crippen LogP contribution < -0.4 is 5.32 Å². The topological polar surface area (TPSA) is 61.7 Å². The average molecular weight is 222 g/mol. The number of carboxylic acid groups (broad SMARTS) is 1. The first-order valence-corrected chi connectivity index (χ1v) is 5.07. The van der Waals surface area contributed by atoms with Gasteiger partial charge in [-0.2, -0.15) is 0 Å². The van der Waals surface area contributed by atoms with E-state index in [2.05, 4.69) is 10.3 Å². The van der Waals surface area contributed by atoms with Gasteiger partial charge in [-0.1, -0.05) is 24.4 Å². The van der Waals surface area contributed by atoms with Crippen LogP contribution in [0, 0.1) is 0 Å². The number of nitrogens with one attached hydrogen (secondary N) is 1. The first kappa shape index (κ1) is 10.0. The van der Waals surface area contributed by atoms with Crippen molar-refractivity contribution in [2.24, 2.45) is 4.99 Å². The molecule has 2 rings (SSSR count). The van der Waals surface area contributed by atoms with Crippen LogP contribution in [0.3, 0.4) is 0 Å². The molecular formula is C10H10N2O2S. The summed E-state index contributed by atoms with van der Waals surface area (Å²) in [4.78, 5) is 15.9. The summed E-state index contributed by atoms with van der Waals surface area (Å²) in [6, 6.07) is 0. The third-order valence-electron chi connectivity index (χ3n) is 2.28. The van der Waals surface area contributed by atoms with Gasteiger partial charge in [-0.05, 0) is 0 Å². The van der Waals surface area contributed by atoms with Crippen molar-refractivity contribution in [1.29, 1.82) is 0 Å². The van der Waals surface area contributed by atoms with Crippen molar-refractivity contribution in [2.75, 3.05) is 13.1 Å². The molecule has 0 atom stereocenters. The Morgan fingerprint density at radius 3 is 3.00 bits per heavy atom. The fourth-order valence-corrected chi connectivity index (χ4v) is 1.93. The van der Waals surface area contributed by atoms with E-state index < -0.39 is 5.97 Å². The third-order valence-corrected chi connectivity index (χ3v) is 2.65. The summed E-state index contributed by atoms with van der Waals surface area (Å²) in [5.41, 5.74) is 0.817. The van der Waals surface area contributed by atoms with Gasteiger partial charge in [0, 0.05) is 23.4 Å². The Morgan fingerprint density at radius 1 is 1.60 bits per heavy atom. The van der Waals surface area contributed by atoms with Gasteiger partial charge < -0.3 is 10.4 Å². The van der Waals surface area contributed by atoms with Crippen LogP contribution in [-0.2, 0) is 4.79 Å². The first-order chi connectivity index (χ1) is 7.20. The largest absolute Gasteiger partial charge is 0.478 e. The molecule has 5 heteroatoms. The number of rotatable bonds is 2. The minimum atomic E-state index is -0.959. The zero-order valence-corrected chi connectivity index (χ0v) is 8.80. The van der Waals surface area contributed by atoms with E-state index >= 15 is 0 Å². The Kier molecular flexibility index (Phi) is 2.64. The van der Waals surface area contributed by atoms with Crippen molar-refractivity contribution in [3.8, 4) is 0 Å². The Hall–Kier alpha value is -1.49. The molecule has 0 saturated heterocycles. The van der Waals surface area contributed by atoms with Crippen LogP contribution >= 0.6 is 12.2 Å². The van der Waals surface area contributed by atoms with Gasteiger partial charge in [0.05, 0.1) is 12.1 Å². The van der Waals surface area contributed by atoms with Crippen LogP contribution in [0.2, 0.25) is 0 Å². The molecule has 0 unspecified atom stereocenters. The molecule has 1 aliphatic carbocycles. The lowest BCUT2D eigenvalue weighted by Gasteiger charge is -2.14. The molecule has 0 spiro atoms. The van der Waals surface area contributed by atoms with Crippen LogP contribution in [0.1, 0.15) is 6.42 Å². The second kappa shape index (κ2) is 3.94. The molecule has 1 heterocycles. The zero-order valence-electron chi connectivity index (χ0n) is 7.99. The van der Waals surface area contributed by atoms with E-state index in [9.17, 15) is 4.79 Å². The highest BCUT2D eigenvalue weighted by Gasteiger charge is 2.24. The second-order valence-electron chi connectivity index (χ2n) is 3.28. The highest BCUT2D eigenvalue weighted by Crippen LogP contribution is 2.19. The van der Waals surface area contributed by atoms with Crippen LogP contribution in [0.15, 0.2) is 28.3 Å². The summed E-state index contributed by atoms with van der Waals surface area (Å²) in [5, 5.41) is 12.1. The predicted octanol–water partition coefficient (Wildman–Crippen LogP) is 0.699. The molecule has 2 aliphatic rings. The summed E-state index contributed by atoms with van der Waals surface area (Å²) >= 11 is 5.17. The number of nitrogens with zero attached hydrogens (tertiary/aromatic N) is 1. The zero-order chi connectivity index (χ0) is 10.8. The van der Waals surface area contributed by atoms with Crippen molar-refractivity contribution in [1.82, 2.24) is 5.32 Å². The summed E-state index contributed by atoms with van der Waals surface area (Å²) in [6.45, 7) is 1.43. The van der Waals surface area contributed by atoms with Gasteiger partial charge in [0.2, 0.25) is 0 Å². The van der Waals surface area contributed by atoms with E-state index in [-0.39, 0.29) is 5.57 Å². The molecule has 0 aromatic heterocycles. The maximum absolute atomic E-state index is 11.0.